The van der Waals surface area contributed by atoms with E-state index in [1.807, 2.05) is 42.5 Å². The molecule has 5 nitrogen and oxygen atoms in total. The van der Waals surface area contributed by atoms with Crippen LogP contribution in [0.1, 0.15) is 23.1 Å². The van der Waals surface area contributed by atoms with Gasteiger partial charge in [0.2, 0.25) is 5.91 Å². The predicted molar refractivity (Wildman–Crippen MR) is 127 cm³/mol. The van der Waals surface area contributed by atoms with Gasteiger partial charge in [-0.2, -0.15) is 13.2 Å². The van der Waals surface area contributed by atoms with Crippen LogP contribution in [-0.2, 0) is 23.9 Å². The van der Waals surface area contributed by atoms with E-state index in [1.165, 1.54) is 12.1 Å². The van der Waals surface area contributed by atoms with Crippen LogP contribution in [0, 0.1) is 0 Å². The molecule has 178 valence electrons. The molecule has 2 heterocycles. The maximum Gasteiger partial charge on any atom is 0.416 e. The van der Waals surface area contributed by atoms with Crippen molar-refractivity contribution in [2.24, 2.45) is 0 Å². The van der Waals surface area contributed by atoms with Crippen molar-refractivity contribution in [1.82, 2.24) is 9.88 Å². The molecule has 8 heteroatoms. The topological polar surface area (TPSA) is 48.5 Å². The predicted octanol–water partition coefficient (Wildman–Crippen LogP) is 4.99. The minimum Gasteiger partial charge on any atom is -0.355 e. The molecule has 34 heavy (non-hydrogen) atoms. The van der Waals surface area contributed by atoms with Gasteiger partial charge < -0.3 is 10.2 Å². The summed E-state index contributed by atoms with van der Waals surface area (Å²) in [6.45, 7) is 3.56. The first-order valence-electron chi connectivity index (χ1n) is 11.3. The number of carbonyl (C=O) groups is 1. The maximum absolute atomic E-state index is 13.0. The van der Waals surface area contributed by atoms with Crippen molar-refractivity contribution >= 4 is 17.4 Å². The lowest BCUT2D eigenvalue weighted by Crippen LogP contribution is -2.31. The molecule has 3 aromatic rings. The third kappa shape index (κ3) is 6.57. The Bertz CT molecular complexity index is 1090. The third-order valence-corrected chi connectivity index (χ3v) is 5.81. The Kier molecular flexibility index (Phi) is 7.47. The van der Waals surface area contributed by atoms with Gasteiger partial charge in [0.05, 0.1) is 23.9 Å². The number of aromatic nitrogens is 1. The number of nitrogens with zero attached hydrogens (tertiary/aromatic N) is 3. The number of amides is 1. The van der Waals surface area contributed by atoms with Crippen LogP contribution < -0.4 is 10.2 Å². The Balaban J connectivity index is 1.30. The van der Waals surface area contributed by atoms with E-state index in [2.05, 4.69) is 20.1 Å². The summed E-state index contributed by atoms with van der Waals surface area (Å²) in [6, 6.07) is 18.8. The minimum atomic E-state index is -4.33. The average molecular weight is 469 g/mol. The molecule has 0 aliphatic carbocycles. The molecule has 0 bridgehead atoms. The van der Waals surface area contributed by atoms with Gasteiger partial charge in [-0.15, -0.1) is 0 Å². The van der Waals surface area contributed by atoms with E-state index in [1.54, 1.807) is 12.3 Å². The molecule has 0 spiro atoms. The quantitative estimate of drug-likeness (QED) is 0.554. The Morgan fingerprint density at radius 3 is 2.44 bits per heavy atom. The number of carbonyl (C=O) groups excluding carboxylic acids is 1. The standard InChI is InChI=1S/C26H27F3N4O/c27-26(28,29)22-9-4-8-21(16-22)19-32-12-5-13-33(15-14-32)24-11-10-23(18-30-24)31-25(34)17-20-6-2-1-3-7-20/h1-4,6-11,16,18H,5,12-15,17,19H2,(H,31,34). The van der Waals surface area contributed by atoms with Crippen molar-refractivity contribution in [3.63, 3.8) is 0 Å². The molecule has 0 atom stereocenters. The van der Waals surface area contributed by atoms with E-state index in [-0.39, 0.29) is 5.91 Å². The highest BCUT2D eigenvalue weighted by Crippen LogP contribution is 2.30. The van der Waals surface area contributed by atoms with E-state index in [4.69, 9.17) is 0 Å². The van der Waals surface area contributed by atoms with Gasteiger partial charge in [-0.25, -0.2) is 4.98 Å². The summed E-state index contributed by atoms with van der Waals surface area (Å²) in [5.74, 6) is 0.725. The lowest BCUT2D eigenvalue weighted by Gasteiger charge is -2.23. The maximum atomic E-state index is 13.0. The molecule has 0 unspecified atom stereocenters. The van der Waals surface area contributed by atoms with Crippen LogP contribution in [0.2, 0.25) is 0 Å². The van der Waals surface area contributed by atoms with Crippen molar-refractivity contribution < 1.29 is 18.0 Å². The summed E-state index contributed by atoms with van der Waals surface area (Å²) < 4.78 is 39.0. The van der Waals surface area contributed by atoms with E-state index in [9.17, 15) is 18.0 Å². The number of nitrogens with one attached hydrogen (secondary N) is 1. The average Bonchev–Trinajstić information content (AvgIpc) is 3.05. The van der Waals surface area contributed by atoms with Crippen molar-refractivity contribution in [2.75, 3.05) is 36.4 Å². The Morgan fingerprint density at radius 2 is 1.71 bits per heavy atom. The van der Waals surface area contributed by atoms with Crippen LogP contribution in [0.5, 0.6) is 0 Å². The summed E-state index contributed by atoms with van der Waals surface area (Å²) >= 11 is 0. The van der Waals surface area contributed by atoms with Crippen LogP contribution in [0.4, 0.5) is 24.7 Å². The summed E-state index contributed by atoms with van der Waals surface area (Å²) in [4.78, 5) is 21.1. The highest BCUT2D eigenvalue weighted by atomic mass is 19.4. The summed E-state index contributed by atoms with van der Waals surface area (Å²) in [5, 5.41) is 2.87. The molecule has 1 N–H and O–H groups in total. The Hall–Kier alpha value is -3.39. The SMILES string of the molecule is O=C(Cc1ccccc1)Nc1ccc(N2CCCN(Cc3cccc(C(F)(F)F)c3)CC2)nc1. The molecular formula is C26H27F3N4O. The smallest absolute Gasteiger partial charge is 0.355 e. The highest BCUT2D eigenvalue weighted by molar-refractivity contribution is 5.92. The highest BCUT2D eigenvalue weighted by Gasteiger charge is 2.30. The molecular weight excluding hydrogens is 441 g/mol. The molecule has 1 saturated heterocycles. The number of hydrogen-bond acceptors (Lipinski definition) is 4. The van der Waals surface area contributed by atoms with Crippen LogP contribution in [0.25, 0.3) is 0 Å². The lowest BCUT2D eigenvalue weighted by atomic mass is 10.1. The van der Waals surface area contributed by atoms with Crippen LogP contribution in [0.3, 0.4) is 0 Å². The van der Waals surface area contributed by atoms with E-state index >= 15 is 0 Å². The first kappa shape index (κ1) is 23.8. The van der Waals surface area contributed by atoms with Gasteiger partial charge in [-0.1, -0.05) is 48.5 Å². The number of alkyl halides is 3. The summed E-state index contributed by atoms with van der Waals surface area (Å²) in [5.41, 5.74) is 1.65. The normalized spacial score (nSPS) is 15.1. The van der Waals surface area contributed by atoms with Crippen molar-refractivity contribution in [2.45, 2.75) is 25.6 Å². The number of hydrogen-bond donors (Lipinski definition) is 1. The zero-order chi connectivity index (χ0) is 24.0. The molecule has 1 aliphatic rings. The molecule has 1 amide bonds. The zero-order valence-corrected chi connectivity index (χ0v) is 18.8. The number of pyridine rings is 1. The fourth-order valence-corrected chi connectivity index (χ4v) is 4.10. The largest absolute Gasteiger partial charge is 0.416 e. The monoisotopic (exact) mass is 468 g/mol. The molecule has 2 aromatic carbocycles. The number of halogens is 3. The van der Waals surface area contributed by atoms with Gasteiger partial charge >= 0.3 is 6.18 Å². The summed E-state index contributed by atoms with van der Waals surface area (Å²) in [6.07, 6.45) is -1.49. The van der Waals surface area contributed by atoms with Crippen molar-refractivity contribution in [3.8, 4) is 0 Å². The summed E-state index contributed by atoms with van der Waals surface area (Å²) in [7, 11) is 0. The van der Waals surface area contributed by atoms with E-state index < -0.39 is 11.7 Å². The lowest BCUT2D eigenvalue weighted by molar-refractivity contribution is -0.137. The zero-order valence-electron chi connectivity index (χ0n) is 18.8. The van der Waals surface area contributed by atoms with Gasteiger partial charge in [0, 0.05) is 32.7 Å². The van der Waals surface area contributed by atoms with E-state index in [0.29, 0.717) is 24.2 Å². The van der Waals surface area contributed by atoms with Gasteiger partial charge in [0.25, 0.3) is 0 Å². The van der Waals surface area contributed by atoms with Crippen LogP contribution in [-0.4, -0.2) is 42.0 Å². The number of benzene rings is 2. The van der Waals surface area contributed by atoms with E-state index in [0.717, 1.165) is 50.0 Å². The molecule has 0 radical (unpaired) electrons. The molecule has 1 aliphatic heterocycles. The fourth-order valence-electron chi connectivity index (χ4n) is 4.10. The van der Waals surface area contributed by atoms with Gasteiger partial charge in [-0.05, 0) is 35.7 Å². The molecule has 1 fully saturated rings. The second-order valence-corrected chi connectivity index (χ2v) is 8.43. The Morgan fingerprint density at radius 1 is 0.912 bits per heavy atom. The van der Waals surface area contributed by atoms with Crippen LogP contribution in [0.15, 0.2) is 72.9 Å². The molecule has 4 rings (SSSR count). The minimum absolute atomic E-state index is 0.0965. The fraction of sp³-hybridized carbons (Fsp3) is 0.308. The second-order valence-electron chi connectivity index (χ2n) is 8.43. The number of anilines is 2. The van der Waals surface area contributed by atoms with Crippen molar-refractivity contribution in [3.05, 3.63) is 89.6 Å². The number of rotatable bonds is 6. The van der Waals surface area contributed by atoms with Gasteiger partial charge in [0.1, 0.15) is 5.82 Å². The Labute approximate surface area is 197 Å². The molecule has 1 aromatic heterocycles. The van der Waals surface area contributed by atoms with Crippen molar-refractivity contribution in [1.29, 1.82) is 0 Å². The first-order valence-corrected chi connectivity index (χ1v) is 11.3. The van der Waals surface area contributed by atoms with Gasteiger partial charge in [-0.3, -0.25) is 9.69 Å². The van der Waals surface area contributed by atoms with Crippen LogP contribution >= 0.6 is 0 Å². The second kappa shape index (κ2) is 10.7. The first-order chi connectivity index (χ1) is 16.4. The molecule has 0 saturated carbocycles. The van der Waals surface area contributed by atoms with Gasteiger partial charge in [0.15, 0.2) is 0 Å². The third-order valence-electron chi connectivity index (χ3n) is 5.81.